The Morgan fingerprint density at radius 2 is 2.23 bits per heavy atom. The summed E-state index contributed by atoms with van der Waals surface area (Å²) in [4.78, 5) is 26.6. The molecule has 0 saturated heterocycles. The molecule has 1 aromatic heterocycles. The van der Waals surface area contributed by atoms with Gasteiger partial charge in [0.1, 0.15) is 0 Å². The Hall–Kier alpha value is -2.70. The molecule has 0 aliphatic heterocycles. The van der Waals surface area contributed by atoms with E-state index in [1.165, 1.54) is 31.7 Å². The molecule has 0 bridgehead atoms. The molecule has 0 atom stereocenters. The lowest BCUT2D eigenvalue weighted by Crippen LogP contribution is -2.15. The normalized spacial score (nSPS) is 14.4. The molecule has 1 aliphatic rings. The summed E-state index contributed by atoms with van der Waals surface area (Å²) in [6.45, 7) is 0. The van der Waals surface area contributed by atoms with Crippen molar-refractivity contribution in [1.29, 1.82) is 0 Å². The predicted octanol–water partition coefficient (Wildman–Crippen LogP) is 2.97. The largest absolute Gasteiger partial charge is 0.465 e. The minimum absolute atomic E-state index is 0.149. The Morgan fingerprint density at radius 1 is 1.45 bits per heavy atom. The van der Waals surface area contributed by atoms with Crippen molar-refractivity contribution in [2.24, 2.45) is 0 Å². The van der Waals surface area contributed by atoms with Gasteiger partial charge in [-0.25, -0.2) is 9.78 Å². The third-order valence-corrected chi connectivity index (χ3v) is 3.99. The summed E-state index contributed by atoms with van der Waals surface area (Å²) < 4.78 is 6.75. The van der Waals surface area contributed by atoms with Crippen LogP contribution in [0.15, 0.2) is 30.7 Å². The summed E-state index contributed by atoms with van der Waals surface area (Å²) in [6, 6.07) is 4.59. The first kappa shape index (κ1) is 14.2. The minimum atomic E-state index is -0.614. The number of ether oxygens (including phenoxy) is 1. The maximum absolute atomic E-state index is 11.9. The number of esters is 1. The van der Waals surface area contributed by atoms with Crippen molar-refractivity contribution in [2.75, 3.05) is 7.11 Å². The summed E-state index contributed by atoms with van der Waals surface area (Å²) >= 11 is 0. The molecule has 0 amide bonds. The number of methoxy groups -OCH3 is 1. The predicted molar refractivity (Wildman–Crippen MR) is 78.5 cm³/mol. The SMILES string of the molecule is COC(=O)c1cc([N+](=O)[O-])ccc1-c1cn(C2CCC2)cn1. The maximum Gasteiger partial charge on any atom is 0.338 e. The van der Waals surface area contributed by atoms with Gasteiger partial charge in [0, 0.05) is 29.9 Å². The van der Waals surface area contributed by atoms with E-state index in [9.17, 15) is 14.9 Å². The van der Waals surface area contributed by atoms with E-state index in [1.54, 1.807) is 6.33 Å². The van der Waals surface area contributed by atoms with Gasteiger partial charge in [-0.3, -0.25) is 10.1 Å². The molecule has 0 spiro atoms. The molecule has 2 aromatic rings. The topological polar surface area (TPSA) is 87.3 Å². The number of benzene rings is 1. The highest BCUT2D eigenvalue weighted by molar-refractivity contribution is 5.97. The quantitative estimate of drug-likeness (QED) is 0.492. The zero-order chi connectivity index (χ0) is 15.7. The fraction of sp³-hybridized carbons (Fsp3) is 0.333. The van der Waals surface area contributed by atoms with Crippen molar-refractivity contribution in [3.63, 3.8) is 0 Å². The monoisotopic (exact) mass is 301 g/mol. The van der Waals surface area contributed by atoms with Gasteiger partial charge in [0.15, 0.2) is 0 Å². The number of non-ortho nitro benzene ring substituents is 1. The molecule has 0 unspecified atom stereocenters. The Balaban J connectivity index is 2.03. The minimum Gasteiger partial charge on any atom is -0.465 e. The first-order chi connectivity index (χ1) is 10.6. The number of rotatable bonds is 4. The van der Waals surface area contributed by atoms with Crippen molar-refractivity contribution in [3.05, 3.63) is 46.4 Å². The van der Waals surface area contributed by atoms with E-state index >= 15 is 0 Å². The summed E-state index contributed by atoms with van der Waals surface area (Å²) in [5.74, 6) is -0.614. The van der Waals surface area contributed by atoms with E-state index in [-0.39, 0.29) is 11.3 Å². The van der Waals surface area contributed by atoms with E-state index < -0.39 is 10.9 Å². The van der Waals surface area contributed by atoms with Crippen LogP contribution in [-0.2, 0) is 4.74 Å². The number of nitro benzene ring substituents is 1. The van der Waals surface area contributed by atoms with Crippen LogP contribution < -0.4 is 0 Å². The second-order valence-corrected chi connectivity index (χ2v) is 5.27. The van der Waals surface area contributed by atoms with Gasteiger partial charge in [-0.1, -0.05) is 0 Å². The summed E-state index contributed by atoms with van der Waals surface area (Å²) in [6.07, 6.45) is 7.07. The smallest absolute Gasteiger partial charge is 0.338 e. The second kappa shape index (κ2) is 5.59. The molecule has 0 radical (unpaired) electrons. The summed E-state index contributed by atoms with van der Waals surface area (Å²) in [7, 11) is 1.25. The fourth-order valence-electron chi connectivity index (χ4n) is 2.51. The highest BCUT2D eigenvalue weighted by atomic mass is 16.6. The average Bonchev–Trinajstić information content (AvgIpc) is 2.93. The van der Waals surface area contributed by atoms with Gasteiger partial charge in [-0.15, -0.1) is 0 Å². The van der Waals surface area contributed by atoms with Gasteiger partial charge in [-0.05, 0) is 25.3 Å². The van der Waals surface area contributed by atoms with Gasteiger partial charge in [-0.2, -0.15) is 0 Å². The van der Waals surface area contributed by atoms with Crippen LogP contribution in [0.5, 0.6) is 0 Å². The van der Waals surface area contributed by atoms with E-state index in [0.29, 0.717) is 17.3 Å². The van der Waals surface area contributed by atoms with Gasteiger partial charge >= 0.3 is 5.97 Å². The number of nitrogens with zero attached hydrogens (tertiary/aromatic N) is 3. The van der Waals surface area contributed by atoms with Crippen LogP contribution in [0, 0.1) is 10.1 Å². The van der Waals surface area contributed by atoms with Gasteiger partial charge in [0.2, 0.25) is 0 Å². The van der Waals surface area contributed by atoms with Crippen molar-refractivity contribution in [1.82, 2.24) is 9.55 Å². The first-order valence-electron chi connectivity index (χ1n) is 7.00. The lowest BCUT2D eigenvalue weighted by Gasteiger charge is -2.26. The Labute approximate surface area is 126 Å². The Morgan fingerprint density at radius 3 is 2.82 bits per heavy atom. The number of imidazole rings is 1. The molecule has 1 saturated carbocycles. The average molecular weight is 301 g/mol. The highest BCUT2D eigenvalue weighted by Gasteiger charge is 2.22. The standard InChI is InChI=1S/C15H15N3O4/c1-22-15(19)13-7-11(18(20)21)5-6-12(13)14-8-17(9-16-14)10-3-2-4-10/h5-10H,2-4H2,1H3. The van der Waals surface area contributed by atoms with Crippen LogP contribution in [-0.4, -0.2) is 27.6 Å². The van der Waals surface area contributed by atoms with E-state index in [1.807, 2.05) is 10.8 Å². The second-order valence-electron chi connectivity index (χ2n) is 5.27. The number of carbonyl (C=O) groups is 1. The molecule has 22 heavy (non-hydrogen) atoms. The number of hydrogen-bond acceptors (Lipinski definition) is 5. The number of nitro groups is 1. The molecular formula is C15H15N3O4. The molecule has 1 aromatic carbocycles. The third kappa shape index (κ3) is 2.45. The first-order valence-corrected chi connectivity index (χ1v) is 7.00. The highest BCUT2D eigenvalue weighted by Crippen LogP contribution is 2.33. The molecule has 1 fully saturated rings. The molecule has 7 nitrogen and oxygen atoms in total. The van der Waals surface area contributed by atoms with Gasteiger partial charge in [0.05, 0.1) is 29.6 Å². The molecule has 114 valence electrons. The zero-order valence-corrected chi connectivity index (χ0v) is 12.1. The van der Waals surface area contributed by atoms with Gasteiger partial charge < -0.3 is 9.30 Å². The van der Waals surface area contributed by atoms with E-state index in [0.717, 1.165) is 12.8 Å². The lowest BCUT2D eigenvalue weighted by atomic mass is 9.93. The van der Waals surface area contributed by atoms with Crippen LogP contribution in [0.3, 0.4) is 0 Å². The van der Waals surface area contributed by atoms with Crippen LogP contribution in [0.1, 0.15) is 35.7 Å². The van der Waals surface area contributed by atoms with Crippen LogP contribution in [0.4, 0.5) is 5.69 Å². The van der Waals surface area contributed by atoms with Crippen molar-refractivity contribution >= 4 is 11.7 Å². The van der Waals surface area contributed by atoms with Crippen molar-refractivity contribution in [3.8, 4) is 11.3 Å². The Bertz CT molecular complexity index is 734. The molecule has 7 heteroatoms. The van der Waals surface area contributed by atoms with E-state index in [4.69, 9.17) is 4.74 Å². The zero-order valence-electron chi connectivity index (χ0n) is 12.1. The van der Waals surface area contributed by atoms with Crippen molar-refractivity contribution < 1.29 is 14.5 Å². The summed E-state index contributed by atoms with van der Waals surface area (Å²) in [5, 5.41) is 10.9. The number of hydrogen-bond donors (Lipinski definition) is 0. The van der Waals surface area contributed by atoms with Gasteiger partial charge in [0.25, 0.3) is 5.69 Å². The molecule has 1 aliphatic carbocycles. The molecule has 3 rings (SSSR count). The molecule has 1 heterocycles. The van der Waals surface area contributed by atoms with Crippen LogP contribution >= 0.6 is 0 Å². The fourth-order valence-corrected chi connectivity index (χ4v) is 2.51. The number of aromatic nitrogens is 2. The third-order valence-electron chi connectivity index (χ3n) is 3.99. The number of carbonyl (C=O) groups excluding carboxylic acids is 1. The molecular weight excluding hydrogens is 286 g/mol. The maximum atomic E-state index is 11.9. The van der Waals surface area contributed by atoms with E-state index in [2.05, 4.69) is 4.98 Å². The lowest BCUT2D eigenvalue weighted by molar-refractivity contribution is -0.384. The van der Waals surface area contributed by atoms with Crippen molar-refractivity contribution in [2.45, 2.75) is 25.3 Å². The summed E-state index contributed by atoms with van der Waals surface area (Å²) in [5.41, 5.74) is 1.15. The molecule has 0 N–H and O–H groups in total. The van der Waals surface area contributed by atoms with Crippen LogP contribution in [0.25, 0.3) is 11.3 Å². The Kier molecular flexibility index (Phi) is 3.62. The van der Waals surface area contributed by atoms with Crippen LogP contribution in [0.2, 0.25) is 0 Å².